The Bertz CT molecular complexity index is 597. The summed E-state index contributed by atoms with van der Waals surface area (Å²) in [5, 5.41) is 2.91. The van der Waals surface area contributed by atoms with E-state index in [9.17, 15) is 4.79 Å². The van der Waals surface area contributed by atoms with Crippen molar-refractivity contribution in [2.75, 3.05) is 11.1 Å². The van der Waals surface area contributed by atoms with Gasteiger partial charge in [-0.2, -0.15) is 0 Å². The van der Waals surface area contributed by atoms with Crippen molar-refractivity contribution in [2.45, 2.75) is 65.8 Å². The molecule has 3 N–H and O–H groups in total. The van der Waals surface area contributed by atoms with Crippen LogP contribution >= 0.6 is 0 Å². The van der Waals surface area contributed by atoms with Crippen LogP contribution in [0.4, 0.5) is 11.4 Å². The second-order valence-electron chi connectivity index (χ2n) is 7.89. The molecule has 0 saturated heterocycles. The molecule has 24 heavy (non-hydrogen) atoms. The third-order valence-electron chi connectivity index (χ3n) is 3.99. The minimum atomic E-state index is -1.24. The van der Waals surface area contributed by atoms with Gasteiger partial charge >= 0.3 is 0 Å². The van der Waals surface area contributed by atoms with Crippen molar-refractivity contribution < 1.29 is 14.0 Å². The maximum Gasteiger partial charge on any atom is 0.224 e. The number of benzene rings is 1. The molecular formula is C18H30N2O3Si. The predicted molar refractivity (Wildman–Crippen MR) is 101 cm³/mol. The van der Waals surface area contributed by atoms with Crippen LogP contribution < -0.4 is 15.8 Å². The van der Waals surface area contributed by atoms with Crippen molar-refractivity contribution >= 4 is 26.3 Å². The van der Waals surface area contributed by atoms with Gasteiger partial charge in [0.25, 0.3) is 0 Å². The molecule has 1 amide bonds. The van der Waals surface area contributed by atoms with E-state index in [-0.39, 0.29) is 17.6 Å². The minimum absolute atomic E-state index is 0.00310. The monoisotopic (exact) mass is 350 g/mol. The molecular weight excluding hydrogens is 320 g/mol. The van der Waals surface area contributed by atoms with E-state index in [4.69, 9.17) is 14.9 Å². The average Bonchev–Trinajstić information content (AvgIpc) is 2.46. The largest absolute Gasteiger partial charge is 0.464 e. The number of anilines is 2. The second kappa shape index (κ2) is 7.57. The molecule has 5 nitrogen and oxygen atoms in total. The summed E-state index contributed by atoms with van der Waals surface area (Å²) in [6.07, 6.45) is 2.65. The molecule has 0 spiro atoms. The topological polar surface area (TPSA) is 73.6 Å². The first kappa shape index (κ1) is 18.8. The molecule has 0 bridgehead atoms. The van der Waals surface area contributed by atoms with Crippen LogP contribution in [-0.2, 0) is 15.6 Å². The summed E-state index contributed by atoms with van der Waals surface area (Å²) in [4.78, 5) is 11.8. The van der Waals surface area contributed by atoms with Gasteiger partial charge in [0, 0.05) is 24.1 Å². The number of carbonyl (C=O) groups excluding carboxylic acids is 1. The second-order valence-corrected chi connectivity index (χ2v) is 10.3. The van der Waals surface area contributed by atoms with E-state index in [2.05, 4.69) is 39.2 Å². The Hall–Kier alpha value is -1.53. The lowest BCUT2D eigenvalue weighted by atomic mass is 9.90. The lowest BCUT2D eigenvalue weighted by molar-refractivity contribution is -0.116. The Labute approximate surface area is 146 Å². The molecule has 1 aliphatic rings. The maximum absolute atomic E-state index is 11.8. The number of nitrogens with two attached hydrogens (primary N) is 1. The Morgan fingerprint density at radius 3 is 2.62 bits per heavy atom. The first-order chi connectivity index (χ1) is 11.2. The number of rotatable bonds is 6. The normalized spacial score (nSPS) is 15.8. The molecule has 0 fully saturated rings. The van der Waals surface area contributed by atoms with E-state index >= 15 is 0 Å². The summed E-state index contributed by atoms with van der Waals surface area (Å²) in [7, 11) is -1.24. The zero-order valence-electron chi connectivity index (χ0n) is 15.4. The van der Waals surface area contributed by atoms with Crippen LogP contribution in [-0.4, -0.2) is 21.2 Å². The van der Waals surface area contributed by atoms with Crippen LogP contribution in [0.2, 0.25) is 13.1 Å². The van der Waals surface area contributed by atoms with Crippen molar-refractivity contribution in [2.24, 2.45) is 5.41 Å². The molecule has 0 aromatic heterocycles. The lowest BCUT2D eigenvalue weighted by Crippen LogP contribution is -2.29. The van der Waals surface area contributed by atoms with E-state index in [0.717, 1.165) is 18.4 Å². The third kappa shape index (κ3) is 5.24. The molecule has 1 aliphatic heterocycles. The standard InChI is InChI=1S/C18H30N2O3Si/c1-18(2,3)11-10-16(23-24(4)5)22-14-8-7-13(19)12-6-9-15(21)20-17(12)14/h7-8,16,24H,6,9-11,19H2,1-5H3,(H,20,21). The van der Waals surface area contributed by atoms with Crippen molar-refractivity contribution in [3.05, 3.63) is 17.7 Å². The molecule has 2 rings (SSSR count). The summed E-state index contributed by atoms with van der Waals surface area (Å²) < 4.78 is 12.2. The highest BCUT2D eigenvalue weighted by molar-refractivity contribution is 6.48. The van der Waals surface area contributed by atoms with Crippen molar-refractivity contribution in [3.8, 4) is 5.75 Å². The molecule has 0 radical (unpaired) electrons. The highest BCUT2D eigenvalue weighted by Gasteiger charge is 2.24. The maximum atomic E-state index is 11.8. The van der Waals surface area contributed by atoms with E-state index in [1.165, 1.54) is 0 Å². The number of carbonyl (C=O) groups is 1. The van der Waals surface area contributed by atoms with Gasteiger partial charge < -0.3 is 20.2 Å². The number of hydrogen-bond acceptors (Lipinski definition) is 4. The van der Waals surface area contributed by atoms with E-state index in [0.29, 0.717) is 30.0 Å². The van der Waals surface area contributed by atoms with Crippen LogP contribution in [0.25, 0.3) is 0 Å². The highest BCUT2D eigenvalue weighted by Crippen LogP contribution is 2.37. The van der Waals surface area contributed by atoms with E-state index in [1.807, 2.05) is 12.1 Å². The quantitative estimate of drug-likeness (QED) is 0.466. The van der Waals surface area contributed by atoms with Crippen LogP contribution in [0.1, 0.15) is 45.6 Å². The first-order valence-corrected chi connectivity index (χ1v) is 11.5. The van der Waals surface area contributed by atoms with Crippen LogP contribution in [0, 0.1) is 5.41 Å². The van der Waals surface area contributed by atoms with Crippen LogP contribution in [0.3, 0.4) is 0 Å². The van der Waals surface area contributed by atoms with Gasteiger partial charge in [-0.15, -0.1) is 0 Å². The Morgan fingerprint density at radius 1 is 1.29 bits per heavy atom. The summed E-state index contributed by atoms with van der Waals surface area (Å²) in [6.45, 7) is 10.9. The van der Waals surface area contributed by atoms with Crippen LogP contribution in [0.5, 0.6) is 5.75 Å². The lowest BCUT2D eigenvalue weighted by Gasteiger charge is -2.28. The third-order valence-corrected chi connectivity index (χ3v) is 4.84. The highest BCUT2D eigenvalue weighted by atomic mass is 28.3. The van der Waals surface area contributed by atoms with Gasteiger partial charge in [0.05, 0.1) is 5.69 Å². The molecule has 1 atom stereocenters. The zero-order chi connectivity index (χ0) is 17.9. The fourth-order valence-electron chi connectivity index (χ4n) is 2.74. The SMILES string of the molecule is C[SiH](C)OC(CCC(C)(C)C)Oc1ccc(N)c2c1NC(=O)CC2. The number of fused-ring (bicyclic) bond motifs is 1. The molecule has 0 saturated carbocycles. The van der Waals surface area contributed by atoms with Crippen LogP contribution in [0.15, 0.2) is 12.1 Å². The Balaban J connectivity index is 2.20. The van der Waals surface area contributed by atoms with Gasteiger partial charge in [0.15, 0.2) is 15.3 Å². The van der Waals surface area contributed by atoms with Crippen molar-refractivity contribution in [1.29, 1.82) is 0 Å². The Morgan fingerprint density at radius 2 is 2.00 bits per heavy atom. The minimum Gasteiger partial charge on any atom is -0.464 e. The first-order valence-electron chi connectivity index (χ1n) is 8.69. The molecule has 1 heterocycles. The molecule has 134 valence electrons. The number of nitrogens with one attached hydrogen (secondary N) is 1. The van der Waals surface area contributed by atoms with Gasteiger partial charge in [0.1, 0.15) is 5.75 Å². The summed E-state index contributed by atoms with van der Waals surface area (Å²) >= 11 is 0. The molecule has 6 heteroatoms. The van der Waals surface area contributed by atoms with Gasteiger partial charge in [0.2, 0.25) is 5.91 Å². The Kier molecular flexibility index (Phi) is 5.93. The summed E-state index contributed by atoms with van der Waals surface area (Å²) in [5.74, 6) is 0.657. The molecule has 1 aromatic carbocycles. The number of nitrogen functional groups attached to an aromatic ring is 1. The average molecular weight is 351 g/mol. The molecule has 0 aliphatic carbocycles. The summed E-state index contributed by atoms with van der Waals surface area (Å²) in [5.41, 5.74) is 8.64. The fourth-order valence-corrected chi connectivity index (χ4v) is 3.54. The van der Waals surface area contributed by atoms with E-state index in [1.54, 1.807) is 0 Å². The smallest absolute Gasteiger partial charge is 0.224 e. The van der Waals surface area contributed by atoms with Gasteiger partial charge in [-0.1, -0.05) is 20.8 Å². The number of hydrogen-bond donors (Lipinski definition) is 2. The zero-order valence-corrected chi connectivity index (χ0v) is 16.6. The number of ether oxygens (including phenoxy) is 1. The fraction of sp³-hybridized carbons (Fsp3) is 0.611. The van der Waals surface area contributed by atoms with Crippen molar-refractivity contribution in [3.63, 3.8) is 0 Å². The predicted octanol–water partition coefficient (Wildman–Crippen LogP) is 3.68. The molecule has 1 aromatic rings. The number of amides is 1. The van der Waals surface area contributed by atoms with Gasteiger partial charge in [-0.05, 0) is 43.5 Å². The van der Waals surface area contributed by atoms with Crippen molar-refractivity contribution in [1.82, 2.24) is 0 Å². The van der Waals surface area contributed by atoms with Gasteiger partial charge in [-0.3, -0.25) is 4.79 Å². The molecule has 1 unspecified atom stereocenters. The van der Waals surface area contributed by atoms with Gasteiger partial charge in [-0.25, -0.2) is 0 Å². The summed E-state index contributed by atoms with van der Waals surface area (Å²) in [6, 6.07) is 3.67. The van der Waals surface area contributed by atoms with E-state index < -0.39 is 9.04 Å².